The first-order chi connectivity index (χ1) is 6.66. The van der Waals surface area contributed by atoms with Gasteiger partial charge < -0.3 is 10.1 Å². The van der Waals surface area contributed by atoms with Crippen LogP contribution in [0.1, 0.15) is 19.4 Å². The van der Waals surface area contributed by atoms with E-state index in [0.717, 1.165) is 18.0 Å². The lowest BCUT2D eigenvalue weighted by atomic mass is 10.1. The molecule has 2 rings (SSSR count). The van der Waals surface area contributed by atoms with E-state index in [1.54, 1.807) is 0 Å². The largest absolute Gasteiger partial charge is 0.486 e. The monoisotopic (exact) mass is 191 g/mol. The number of rotatable bonds is 1. The maximum atomic E-state index is 5.89. The average molecular weight is 191 g/mol. The highest BCUT2D eigenvalue weighted by molar-refractivity contribution is 5.59. The zero-order valence-corrected chi connectivity index (χ0v) is 9.00. The van der Waals surface area contributed by atoms with E-state index < -0.39 is 0 Å². The molecule has 1 atom stereocenters. The summed E-state index contributed by atoms with van der Waals surface area (Å²) in [6.45, 7) is 7.38. The standard InChI is InChI=1S/C12H17NO/c1-8(2)12-7-13-10-6-9(3)4-5-11(10)14-12/h4-6,8,12-13H,7H2,1-3H3. The zero-order chi connectivity index (χ0) is 10.1. The number of anilines is 1. The van der Waals surface area contributed by atoms with Gasteiger partial charge in [0.2, 0.25) is 0 Å². The number of benzene rings is 1. The van der Waals surface area contributed by atoms with E-state index in [1.165, 1.54) is 5.56 Å². The Bertz CT molecular complexity index is 333. The van der Waals surface area contributed by atoms with E-state index in [4.69, 9.17) is 4.74 Å². The van der Waals surface area contributed by atoms with Crippen LogP contribution in [-0.4, -0.2) is 12.6 Å². The number of hydrogen-bond acceptors (Lipinski definition) is 2. The van der Waals surface area contributed by atoms with Gasteiger partial charge >= 0.3 is 0 Å². The Morgan fingerprint density at radius 1 is 1.43 bits per heavy atom. The number of aryl methyl sites for hydroxylation is 1. The Morgan fingerprint density at radius 3 is 2.93 bits per heavy atom. The van der Waals surface area contributed by atoms with Crippen LogP contribution in [0.2, 0.25) is 0 Å². The van der Waals surface area contributed by atoms with Gasteiger partial charge in [-0.3, -0.25) is 0 Å². The molecule has 0 saturated heterocycles. The second kappa shape index (κ2) is 3.52. The van der Waals surface area contributed by atoms with Crippen molar-refractivity contribution < 1.29 is 4.74 Å². The molecule has 1 aromatic carbocycles. The van der Waals surface area contributed by atoms with Gasteiger partial charge in [-0.15, -0.1) is 0 Å². The third-order valence-electron chi connectivity index (χ3n) is 2.65. The molecule has 1 aliphatic heterocycles. The fraction of sp³-hybridized carbons (Fsp3) is 0.500. The first-order valence-electron chi connectivity index (χ1n) is 5.18. The van der Waals surface area contributed by atoms with Gasteiger partial charge in [-0.1, -0.05) is 19.9 Å². The molecule has 0 aromatic heterocycles. The van der Waals surface area contributed by atoms with Crippen LogP contribution in [-0.2, 0) is 0 Å². The number of fused-ring (bicyclic) bond motifs is 1. The highest BCUT2D eigenvalue weighted by Crippen LogP contribution is 2.31. The molecule has 1 heterocycles. The molecule has 1 aliphatic rings. The van der Waals surface area contributed by atoms with E-state index >= 15 is 0 Å². The summed E-state index contributed by atoms with van der Waals surface area (Å²) in [6.07, 6.45) is 0.296. The molecule has 14 heavy (non-hydrogen) atoms. The second-order valence-electron chi connectivity index (χ2n) is 4.28. The first-order valence-corrected chi connectivity index (χ1v) is 5.18. The van der Waals surface area contributed by atoms with E-state index in [2.05, 4.69) is 38.2 Å². The summed E-state index contributed by atoms with van der Waals surface area (Å²) in [5, 5.41) is 3.41. The van der Waals surface area contributed by atoms with Crippen LogP contribution in [0.15, 0.2) is 18.2 Å². The third-order valence-corrected chi connectivity index (χ3v) is 2.65. The van der Waals surface area contributed by atoms with Crippen molar-refractivity contribution in [1.82, 2.24) is 0 Å². The minimum Gasteiger partial charge on any atom is -0.486 e. The van der Waals surface area contributed by atoms with Gasteiger partial charge in [0.1, 0.15) is 11.9 Å². The van der Waals surface area contributed by atoms with Gasteiger partial charge in [0.25, 0.3) is 0 Å². The summed E-state index contributed by atoms with van der Waals surface area (Å²) in [6, 6.07) is 6.27. The van der Waals surface area contributed by atoms with Crippen LogP contribution in [0, 0.1) is 12.8 Å². The van der Waals surface area contributed by atoms with Crippen LogP contribution in [0.4, 0.5) is 5.69 Å². The highest BCUT2D eigenvalue weighted by Gasteiger charge is 2.21. The van der Waals surface area contributed by atoms with E-state index in [1.807, 2.05) is 6.07 Å². The van der Waals surface area contributed by atoms with Crippen LogP contribution in [0.3, 0.4) is 0 Å². The summed E-state index contributed by atoms with van der Waals surface area (Å²) in [7, 11) is 0. The lowest BCUT2D eigenvalue weighted by molar-refractivity contribution is 0.156. The molecule has 2 heteroatoms. The van der Waals surface area contributed by atoms with Crippen LogP contribution < -0.4 is 10.1 Å². The maximum Gasteiger partial charge on any atom is 0.142 e. The van der Waals surface area contributed by atoms with Crippen molar-refractivity contribution in [3.63, 3.8) is 0 Å². The average Bonchev–Trinajstić information content (AvgIpc) is 2.16. The second-order valence-corrected chi connectivity index (χ2v) is 4.28. The van der Waals surface area contributed by atoms with Crippen molar-refractivity contribution in [3.05, 3.63) is 23.8 Å². The molecule has 0 saturated carbocycles. The van der Waals surface area contributed by atoms with Crippen molar-refractivity contribution >= 4 is 5.69 Å². The molecule has 0 fully saturated rings. The topological polar surface area (TPSA) is 21.3 Å². The number of ether oxygens (including phenoxy) is 1. The van der Waals surface area contributed by atoms with Gasteiger partial charge in [-0.25, -0.2) is 0 Å². The van der Waals surface area contributed by atoms with Crippen LogP contribution >= 0.6 is 0 Å². The van der Waals surface area contributed by atoms with Crippen molar-refractivity contribution in [1.29, 1.82) is 0 Å². The minimum atomic E-state index is 0.296. The minimum absolute atomic E-state index is 0.296. The molecular formula is C12H17NO. The van der Waals surface area contributed by atoms with Crippen molar-refractivity contribution in [2.75, 3.05) is 11.9 Å². The lowest BCUT2D eigenvalue weighted by Gasteiger charge is -2.30. The molecule has 76 valence electrons. The van der Waals surface area contributed by atoms with Gasteiger partial charge in [0, 0.05) is 0 Å². The third kappa shape index (κ3) is 1.69. The van der Waals surface area contributed by atoms with Gasteiger partial charge in [0.05, 0.1) is 12.2 Å². The summed E-state index contributed by atoms with van der Waals surface area (Å²) in [5.74, 6) is 1.54. The fourth-order valence-electron chi connectivity index (χ4n) is 1.67. The molecule has 0 radical (unpaired) electrons. The summed E-state index contributed by atoms with van der Waals surface area (Å²) < 4.78 is 5.89. The normalized spacial score (nSPS) is 19.9. The Kier molecular flexibility index (Phi) is 2.36. The Labute approximate surface area is 85.3 Å². The smallest absolute Gasteiger partial charge is 0.142 e. The molecule has 0 bridgehead atoms. The molecule has 2 nitrogen and oxygen atoms in total. The fourth-order valence-corrected chi connectivity index (χ4v) is 1.67. The Morgan fingerprint density at radius 2 is 2.21 bits per heavy atom. The van der Waals surface area contributed by atoms with Crippen LogP contribution in [0.25, 0.3) is 0 Å². The van der Waals surface area contributed by atoms with Crippen molar-refractivity contribution in [3.8, 4) is 5.75 Å². The Hall–Kier alpha value is -1.18. The van der Waals surface area contributed by atoms with Crippen molar-refractivity contribution in [2.24, 2.45) is 5.92 Å². The summed E-state index contributed by atoms with van der Waals surface area (Å²) >= 11 is 0. The predicted molar refractivity (Wildman–Crippen MR) is 58.9 cm³/mol. The summed E-state index contributed by atoms with van der Waals surface area (Å²) in [4.78, 5) is 0. The van der Waals surface area contributed by atoms with Gasteiger partial charge in [0.15, 0.2) is 0 Å². The number of hydrogen-bond donors (Lipinski definition) is 1. The molecule has 0 aliphatic carbocycles. The lowest BCUT2D eigenvalue weighted by Crippen LogP contribution is -2.34. The molecule has 1 unspecified atom stereocenters. The molecule has 0 amide bonds. The van der Waals surface area contributed by atoms with Crippen molar-refractivity contribution in [2.45, 2.75) is 26.9 Å². The molecule has 1 N–H and O–H groups in total. The quantitative estimate of drug-likeness (QED) is 0.737. The first kappa shape index (κ1) is 9.38. The zero-order valence-electron chi connectivity index (χ0n) is 9.00. The van der Waals surface area contributed by atoms with E-state index in [0.29, 0.717) is 12.0 Å². The number of nitrogens with one attached hydrogen (secondary N) is 1. The predicted octanol–water partition coefficient (Wildman–Crippen LogP) is 2.82. The molecular weight excluding hydrogens is 174 g/mol. The van der Waals surface area contributed by atoms with Crippen LogP contribution in [0.5, 0.6) is 5.75 Å². The van der Waals surface area contributed by atoms with Gasteiger partial charge in [-0.2, -0.15) is 0 Å². The SMILES string of the molecule is Cc1ccc2c(c1)NCC(C(C)C)O2. The summed E-state index contributed by atoms with van der Waals surface area (Å²) in [5.41, 5.74) is 2.39. The maximum absolute atomic E-state index is 5.89. The molecule has 1 aromatic rings. The van der Waals surface area contributed by atoms with Gasteiger partial charge in [-0.05, 0) is 30.5 Å². The Balaban J connectivity index is 2.23. The highest BCUT2D eigenvalue weighted by atomic mass is 16.5. The van der Waals surface area contributed by atoms with E-state index in [9.17, 15) is 0 Å². The molecule has 0 spiro atoms. The van der Waals surface area contributed by atoms with E-state index in [-0.39, 0.29) is 0 Å².